The number of benzene rings is 1. The van der Waals surface area contributed by atoms with E-state index in [0.717, 1.165) is 13.1 Å². The Balaban J connectivity index is 2.71. The van der Waals surface area contributed by atoms with Crippen LogP contribution in [0, 0.1) is 0 Å². The normalized spacial score (nSPS) is 13.0. The van der Waals surface area contributed by atoms with Crippen LogP contribution in [-0.2, 0) is 0 Å². The fraction of sp³-hybridized carbons (Fsp3) is 0.533. The number of likely N-dealkylation sites (N-methyl/N-ethyl adjacent to an activating group) is 2. The first-order chi connectivity index (χ1) is 8.95. The van der Waals surface area contributed by atoms with Crippen molar-refractivity contribution >= 4 is 17.4 Å². The van der Waals surface area contributed by atoms with Gasteiger partial charge in [-0.2, -0.15) is 0 Å². The predicted molar refractivity (Wildman–Crippen MR) is 81.0 cm³/mol. The smallest absolute Gasteiger partial charge is 0.178 e. The van der Waals surface area contributed by atoms with Crippen molar-refractivity contribution in [3.63, 3.8) is 0 Å². The second-order valence-electron chi connectivity index (χ2n) is 5.08. The minimum absolute atomic E-state index is 0.0815. The number of carbonyl (C=O) groups excluding carboxylic acids is 1. The Labute approximate surface area is 121 Å². The van der Waals surface area contributed by atoms with E-state index >= 15 is 0 Å². The Kier molecular flexibility index (Phi) is 6.49. The van der Waals surface area contributed by atoms with Gasteiger partial charge in [0.25, 0.3) is 0 Å². The van der Waals surface area contributed by atoms with Crippen LogP contribution in [0.5, 0.6) is 0 Å². The lowest BCUT2D eigenvalue weighted by Crippen LogP contribution is -2.42. The number of hydrogen-bond donors (Lipinski definition) is 0. The average Bonchev–Trinajstić information content (AvgIpc) is 2.35. The van der Waals surface area contributed by atoms with Crippen LogP contribution in [-0.4, -0.2) is 55.4 Å². The molecule has 0 bridgehead atoms. The Morgan fingerprint density at radius 2 is 1.95 bits per heavy atom. The molecule has 0 saturated heterocycles. The topological polar surface area (TPSA) is 23.6 Å². The minimum atomic E-state index is 0.0815. The summed E-state index contributed by atoms with van der Waals surface area (Å²) in [5.74, 6) is 0.0815. The maximum absolute atomic E-state index is 12.3. The quantitative estimate of drug-likeness (QED) is 0.719. The van der Waals surface area contributed by atoms with Gasteiger partial charge in [-0.25, -0.2) is 0 Å². The summed E-state index contributed by atoms with van der Waals surface area (Å²) in [5.41, 5.74) is 0.611. The third kappa shape index (κ3) is 4.94. The average molecular weight is 283 g/mol. The maximum Gasteiger partial charge on any atom is 0.178 e. The fourth-order valence-corrected chi connectivity index (χ4v) is 2.42. The maximum atomic E-state index is 12.3. The van der Waals surface area contributed by atoms with E-state index in [0.29, 0.717) is 23.2 Å². The van der Waals surface area contributed by atoms with Gasteiger partial charge in [-0.3, -0.25) is 9.69 Å². The second-order valence-corrected chi connectivity index (χ2v) is 5.48. The Hall–Kier alpha value is -0.900. The molecule has 0 N–H and O–H groups in total. The van der Waals surface area contributed by atoms with Gasteiger partial charge < -0.3 is 4.90 Å². The van der Waals surface area contributed by atoms with E-state index < -0.39 is 0 Å². The summed E-state index contributed by atoms with van der Waals surface area (Å²) < 4.78 is 0. The standard InChI is InChI=1S/C15H23ClN2O/c1-5-18(12(2)10-17(3)4)11-15(19)13-8-6-7-9-14(13)16/h6-9,12H,5,10-11H2,1-4H3. The Morgan fingerprint density at radius 1 is 1.32 bits per heavy atom. The molecule has 0 aromatic heterocycles. The lowest BCUT2D eigenvalue weighted by atomic mass is 10.1. The molecule has 1 aromatic carbocycles. The molecule has 0 radical (unpaired) electrons. The van der Waals surface area contributed by atoms with Crippen LogP contribution in [0.3, 0.4) is 0 Å². The van der Waals surface area contributed by atoms with Crippen molar-refractivity contribution in [3.05, 3.63) is 34.9 Å². The van der Waals surface area contributed by atoms with Crippen LogP contribution in [0.4, 0.5) is 0 Å². The number of Topliss-reactive ketones (excluding diaryl/α,β-unsaturated/α-hetero) is 1. The molecule has 0 aliphatic carbocycles. The van der Waals surface area contributed by atoms with Gasteiger partial charge in [-0.05, 0) is 39.7 Å². The number of hydrogen-bond acceptors (Lipinski definition) is 3. The molecule has 0 amide bonds. The first-order valence-electron chi connectivity index (χ1n) is 6.62. The van der Waals surface area contributed by atoms with Crippen molar-refractivity contribution in [1.29, 1.82) is 0 Å². The molecule has 0 aliphatic rings. The fourth-order valence-electron chi connectivity index (χ4n) is 2.18. The third-order valence-corrected chi connectivity index (χ3v) is 3.51. The summed E-state index contributed by atoms with van der Waals surface area (Å²) in [5, 5.41) is 0.531. The van der Waals surface area contributed by atoms with Crippen molar-refractivity contribution in [3.8, 4) is 0 Å². The van der Waals surface area contributed by atoms with Gasteiger partial charge in [0.15, 0.2) is 5.78 Å². The zero-order chi connectivity index (χ0) is 14.4. The highest BCUT2D eigenvalue weighted by Gasteiger charge is 2.18. The lowest BCUT2D eigenvalue weighted by molar-refractivity contribution is 0.0888. The molecular weight excluding hydrogens is 260 g/mol. The van der Waals surface area contributed by atoms with Gasteiger partial charge in [0, 0.05) is 18.2 Å². The molecule has 106 valence electrons. The summed E-state index contributed by atoms with van der Waals surface area (Å²) in [4.78, 5) is 16.6. The first kappa shape index (κ1) is 16.2. The molecule has 1 unspecified atom stereocenters. The van der Waals surface area contributed by atoms with E-state index in [9.17, 15) is 4.79 Å². The van der Waals surface area contributed by atoms with Crippen LogP contribution < -0.4 is 0 Å². The molecule has 0 saturated carbocycles. The lowest BCUT2D eigenvalue weighted by Gasteiger charge is -2.29. The highest BCUT2D eigenvalue weighted by atomic mass is 35.5. The van der Waals surface area contributed by atoms with E-state index in [1.807, 2.05) is 26.2 Å². The van der Waals surface area contributed by atoms with Gasteiger partial charge >= 0.3 is 0 Å². The zero-order valence-electron chi connectivity index (χ0n) is 12.2. The monoisotopic (exact) mass is 282 g/mol. The number of halogens is 1. The van der Waals surface area contributed by atoms with Crippen molar-refractivity contribution in [2.45, 2.75) is 19.9 Å². The molecule has 19 heavy (non-hydrogen) atoms. The SMILES string of the molecule is CCN(CC(=O)c1ccccc1Cl)C(C)CN(C)C. The van der Waals surface area contributed by atoms with E-state index in [2.05, 4.69) is 23.6 Å². The van der Waals surface area contributed by atoms with E-state index in [1.54, 1.807) is 12.1 Å². The summed E-state index contributed by atoms with van der Waals surface area (Å²) in [6.07, 6.45) is 0. The highest BCUT2D eigenvalue weighted by molar-refractivity contribution is 6.34. The van der Waals surface area contributed by atoms with Crippen LogP contribution in [0.2, 0.25) is 5.02 Å². The largest absolute Gasteiger partial charge is 0.308 e. The molecule has 1 atom stereocenters. The summed E-state index contributed by atoms with van der Waals surface area (Å²) in [7, 11) is 4.08. The molecule has 4 heteroatoms. The summed E-state index contributed by atoms with van der Waals surface area (Å²) in [6, 6.07) is 7.57. The molecule has 1 rings (SSSR count). The van der Waals surface area contributed by atoms with Crippen LogP contribution >= 0.6 is 11.6 Å². The third-order valence-electron chi connectivity index (χ3n) is 3.18. The number of ketones is 1. The molecule has 0 heterocycles. The van der Waals surface area contributed by atoms with Gasteiger partial charge in [0.2, 0.25) is 0 Å². The molecular formula is C15H23ClN2O. The van der Waals surface area contributed by atoms with Crippen LogP contribution in [0.25, 0.3) is 0 Å². The Bertz CT molecular complexity index is 420. The Morgan fingerprint density at radius 3 is 2.47 bits per heavy atom. The van der Waals surface area contributed by atoms with E-state index in [-0.39, 0.29) is 5.78 Å². The molecule has 0 spiro atoms. The van der Waals surface area contributed by atoms with Crippen LogP contribution in [0.1, 0.15) is 24.2 Å². The van der Waals surface area contributed by atoms with Crippen molar-refractivity contribution in [1.82, 2.24) is 9.80 Å². The second kappa shape index (κ2) is 7.63. The van der Waals surface area contributed by atoms with Gasteiger partial charge in [0.1, 0.15) is 0 Å². The van der Waals surface area contributed by atoms with Crippen molar-refractivity contribution in [2.24, 2.45) is 0 Å². The van der Waals surface area contributed by atoms with Crippen molar-refractivity contribution < 1.29 is 4.79 Å². The molecule has 3 nitrogen and oxygen atoms in total. The summed E-state index contributed by atoms with van der Waals surface area (Å²) in [6.45, 7) is 6.42. The predicted octanol–water partition coefficient (Wildman–Crippen LogP) is 2.79. The van der Waals surface area contributed by atoms with Gasteiger partial charge in [-0.15, -0.1) is 0 Å². The zero-order valence-corrected chi connectivity index (χ0v) is 12.9. The minimum Gasteiger partial charge on any atom is -0.308 e. The van der Waals surface area contributed by atoms with Crippen LogP contribution in [0.15, 0.2) is 24.3 Å². The first-order valence-corrected chi connectivity index (χ1v) is 7.00. The number of nitrogens with zero attached hydrogens (tertiary/aromatic N) is 2. The van der Waals surface area contributed by atoms with Crippen molar-refractivity contribution in [2.75, 3.05) is 33.7 Å². The number of carbonyl (C=O) groups is 1. The van der Waals surface area contributed by atoms with Gasteiger partial charge in [0.05, 0.1) is 11.6 Å². The highest BCUT2D eigenvalue weighted by Crippen LogP contribution is 2.16. The molecule has 0 fully saturated rings. The molecule has 1 aromatic rings. The van der Waals surface area contributed by atoms with Gasteiger partial charge in [-0.1, -0.05) is 30.7 Å². The van der Waals surface area contributed by atoms with E-state index in [1.165, 1.54) is 0 Å². The molecule has 0 aliphatic heterocycles. The van der Waals surface area contributed by atoms with E-state index in [4.69, 9.17) is 11.6 Å². The summed E-state index contributed by atoms with van der Waals surface area (Å²) >= 11 is 6.06. The number of rotatable bonds is 7.